The van der Waals surface area contributed by atoms with Crippen molar-refractivity contribution in [2.75, 3.05) is 0 Å². The van der Waals surface area contributed by atoms with Crippen molar-refractivity contribution >= 4 is 11.9 Å². The van der Waals surface area contributed by atoms with Gasteiger partial charge in [0.15, 0.2) is 0 Å². The molecule has 0 spiro atoms. The van der Waals surface area contributed by atoms with Crippen molar-refractivity contribution in [2.45, 2.75) is 13.5 Å². The maximum Gasteiger partial charge on any atom is 0.336 e. The minimum absolute atomic E-state index is 0.259. The summed E-state index contributed by atoms with van der Waals surface area (Å²) in [7, 11) is 0. The van der Waals surface area contributed by atoms with Crippen LogP contribution in [0.5, 0.6) is 5.75 Å². The fourth-order valence-corrected chi connectivity index (χ4v) is 1.91. The van der Waals surface area contributed by atoms with E-state index in [-0.39, 0.29) is 17.7 Å². The van der Waals surface area contributed by atoms with Crippen LogP contribution < -0.4 is 4.74 Å². The Hall–Kier alpha value is -2.82. The molecule has 0 amide bonds. The lowest BCUT2D eigenvalue weighted by Crippen LogP contribution is -2.08. The average molecular weight is 286 g/mol. The third-order valence-corrected chi connectivity index (χ3v) is 3.11. The zero-order valence-electron chi connectivity index (χ0n) is 11.4. The van der Waals surface area contributed by atoms with Crippen molar-refractivity contribution in [3.63, 3.8) is 0 Å². The van der Waals surface area contributed by atoms with Crippen LogP contribution >= 0.6 is 0 Å². The van der Waals surface area contributed by atoms with E-state index >= 15 is 0 Å². The summed E-state index contributed by atoms with van der Waals surface area (Å²) in [6, 6.07) is 11.6. The molecule has 0 aliphatic carbocycles. The first-order valence-corrected chi connectivity index (χ1v) is 6.27. The molecule has 0 radical (unpaired) electrons. The topological polar surface area (TPSA) is 83.8 Å². The summed E-state index contributed by atoms with van der Waals surface area (Å²) in [6.45, 7) is 2.24. The Bertz CT molecular complexity index is 691. The Labute approximate surface area is 121 Å². The second-order valence-electron chi connectivity index (χ2n) is 4.53. The molecule has 0 fully saturated rings. The van der Waals surface area contributed by atoms with Gasteiger partial charge in [-0.05, 0) is 36.2 Å². The molecule has 0 unspecified atom stereocenters. The predicted molar refractivity (Wildman–Crippen MR) is 75.9 cm³/mol. The molecule has 0 aliphatic heterocycles. The number of rotatable bonds is 5. The van der Waals surface area contributed by atoms with Crippen molar-refractivity contribution in [1.82, 2.24) is 0 Å². The van der Waals surface area contributed by atoms with Crippen LogP contribution in [0.4, 0.5) is 0 Å². The van der Waals surface area contributed by atoms with Crippen molar-refractivity contribution in [1.29, 1.82) is 0 Å². The Morgan fingerprint density at radius 3 is 2.29 bits per heavy atom. The van der Waals surface area contributed by atoms with Crippen molar-refractivity contribution in [3.05, 3.63) is 64.7 Å². The quantitative estimate of drug-likeness (QED) is 0.882. The molecule has 2 rings (SSSR count). The van der Waals surface area contributed by atoms with Crippen LogP contribution in [0.2, 0.25) is 0 Å². The van der Waals surface area contributed by atoms with E-state index in [0.717, 1.165) is 11.1 Å². The third-order valence-electron chi connectivity index (χ3n) is 3.11. The Morgan fingerprint density at radius 1 is 1.00 bits per heavy atom. The Morgan fingerprint density at radius 2 is 1.67 bits per heavy atom. The fourth-order valence-electron chi connectivity index (χ4n) is 1.91. The van der Waals surface area contributed by atoms with E-state index in [9.17, 15) is 9.59 Å². The number of ether oxygens (including phenoxy) is 1. The van der Waals surface area contributed by atoms with Crippen LogP contribution in [0.15, 0.2) is 42.5 Å². The third kappa shape index (κ3) is 3.39. The lowest BCUT2D eigenvalue weighted by Gasteiger charge is -2.10. The highest BCUT2D eigenvalue weighted by atomic mass is 16.5. The molecule has 0 heterocycles. The van der Waals surface area contributed by atoms with Gasteiger partial charge < -0.3 is 14.9 Å². The van der Waals surface area contributed by atoms with E-state index in [1.165, 1.54) is 18.2 Å². The molecule has 5 nitrogen and oxygen atoms in total. The summed E-state index contributed by atoms with van der Waals surface area (Å²) >= 11 is 0. The molecule has 0 aromatic heterocycles. The molecular formula is C16H14O5. The van der Waals surface area contributed by atoms with Gasteiger partial charge in [-0.1, -0.05) is 24.3 Å². The van der Waals surface area contributed by atoms with Crippen molar-refractivity contribution in [2.24, 2.45) is 0 Å². The highest BCUT2D eigenvalue weighted by Gasteiger charge is 2.16. The lowest BCUT2D eigenvalue weighted by molar-refractivity contribution is 0.0651. The van der Waals surface area contributed by atoms with E-state index in [1.54, 1.807) is 0 Å². The normalized spacial score (nSPS) is 10.1. The van der Waals surface area contributed by atoms with Crippen LogP contribution in [-0.2, 0) is 6.61 Å². The number of hydrogen-bond donors (Lipinski definition) is 2. The minimum Gasteiger partial charge on any atom is -0.489 e. The van der Waals surface area contributed by atoms with E-state index in [0.29, 0.717) is 5.75 Å². The van der Waals surface area contributed by atoms with Crippen molar-refractivity contribution < 1.29 is 24.5 Å². The highest BCUT2D eigenvalue weighted by Crippen LogP contribution is 2.20. The van der Waals surface area contributed by atoms with Crippen molar-refractivity contribution in [3.8, 4) is 5.75 Å². The second-order valence-corrected chi connectivity index (χ2v) is 4.53. The van der Waals surface area contributed by atoms with Gasteiger partial charge in [0.1, 0.15) is 12.4 Å². The van der Waals surface area contributed by atoms with E-state index in [1.807, 2.05) is 31.2 Å². The van der Waals surface area contributed by atoms with E-state index in [4.69, 9.17) is 14.9 Å². The van der Waals surface area contributed by atoms with Gasteiger partial charge in [-0.25, -0.2) is 9.59 Å². The fraction of sp³-hybridized carbons (Fsp3) is 0.125. The molecule has 0 saturated carbocycles. The summed E-state index contributed by atoms with van der Waals surface area (Å²) in [5, 5.41) is 18.0. The Balaban J connectivity index is 2.22. The van der Waals surface area contributed by atoms with Crippen LogP contribution in [0.1, 0.15) is 31.8 Å². The number of carboxylic acid groups (broad SMARTS) is 2. The molecule has 0 aliphatic rings. The number of hydrogen-bond acceptors (Lipinski definition) is 3. The zero-order valence-corrected chi connectivity index (χ0v) is 11.4. The van der Waals surface area contributed by atoms with Crippen LogP contribution in [0, 0.1) is 6.92 Å². The molecule has 0 bridgehead atoms. The number of carbonyl (C=O) groups is 2. The molecule has 2 N–H and O–H groups in total. The molecule has 2 aromatic rings. The number of aromatic carboxylic acids is 2. The van der Waals surface area contributed by atoms with Gasteiger partial charge in [-0.15, -0.1) is 0 Å². The first kappa shape index (κ1) is 14.6. The predicted octanol–water partition coefficient (Wildman–Crippen LogP) is 2.97. The average Bonchev–Trinajstić information content (AvgIpc) is 2.46. The molecule has 0 saturated heterocycles. The SMILES string of the molecule is Cc1ccccc1COc1ccc(C(=O)O)c(C(=O)O)c1. The number of carboxylic acids is 2. The van der Waals surface area contributed by atoms with Gasteiger partial charge >= 0.3 is 11.9 Å². The lowest BCUT2D eigenvalue weighted by atomic mass is 10.1. The summed E-state index contributed by atoms with van der Waals surface area (Å²) in [4.78, 5) is 22.0. The minimum atomic E-state index is -1.30. The van der Waals surface area contributed by atoms with Gasteiger partial charge in [-0.2, -0.15) is 0 Å². The second kappa shape index (κ2) is 6.09. The first-order valence-electron chi connectivity index (χ1n) is 6.27. The van der Waals surface area contributed by atoms with Crippen LogP contribution in [0.25, 0.3) is 0 Å². The smallest absolute Gasteiger partial charge is 0.336 e. The maximum atomic E-state index is 11.1. The van der Waals surface area contributed by atoms with Gasteiger partial charge in [-0.3, -0.25) is 0 Å². The molecule has 5 heteroatoms. The standard InChI is InChI=1S/C16H14O5/c1-10-4-2-3-5-11(10)9-21-12-6-7-13(15(17)18)14(8-12)16(19)20/h2-8H,9H2,1H3,(H,17,18)(H,19,20). The monoisotopic (exact) mass is 286 g/mol. The largest absolute Gasteiger partial charge is 0.489 e. The molecule has 21 heavy (non-hydrogen) atoms. The van der Waals surface area contributed by atoms with E-state index in [2.05, 4.69) is 0 Å². The summed E-state index contributed by atoms with van der Waals surface area (Å²) < 4.78 is 5.54. The summed E-state index contributed by atoms with van der Waals surface area (Å²) in [5.74, 6) is -2.26. The maximum absolute atomic E-state index is 11.1. The van der Waals surface area contributed by atoms with Gasteiger partial charge in [0.05, 0.1) is 11.1 Å². The highest BCUT2D eigenvalue weighted by molar-refractivity contribution is 6.01. The molecule has 2 aromatic carbocycles. The van der Waals surface area contributed by atoms with Gasteiger partial charge in [0, 0.05) is 0 Å². The zero-order chi connectivity index (χ0) is 15.4. The number of benzene rings is 2. The summed E-state index contributed by atoms with van der Waals surface area (Å²) in [5.41, 5.74) is 1.50. The van der Waals surface area contributed by atoms with Gasteiger partial charge in [0.25, 0.3) is 0 Å². The van der Waals surface area contributed by atoms with Crippen LogP contribution in [-0.4, -0.2) is 22.2 Å². The van der Waals surface area contributed by atoms with E-state index < -0.39 is 11.9 Å². The molecule has 108 valence electrons. The number of aryl methyl sites for hydroxylation is 1. The van der Waals surface area contributed by atoms with Crippen LogP contribution in [0.3, 0.4) is 0 Å². The summed E-state index contributed by atoms with van der Waals surface area (Å²) in [6.07, 6.45) is 0. The molecular weight excluding hydrogens is 272 g/mol. The Kier molecular flexibility index (Phi) is 4.23. The first-order chi connectivity index (χ1) is 9.99. The van der Waals surface area contributed by atoms with Gasteiger partial charge in [0.2, 0.25) is 0 Å². The molecule has 0 atom stereocenters.